The fraction of sp³-hybridized carbons (Fsp3) is 0. The van der Waals surface area contributed by atoms with E-state index in [-0.39, 0.29) is 0 Å². The van der Waals surface area contributed by atoms with Crippen molar-refractivity contribution in [3.63, 3.8) is 0 Å². The molecule has 0 spiro atoms. The lowest BCUT2D eigenvalue weighted by Crippen LogP contribution is -1.96. The quantitative estimate of drug-likeness (QED) is 0.170. The predicted molar refractivity (Wildman–Crippen MR) is 205 cm³/mol. The zero-order valence-electron chi connectivity index (χ0n) is 27.1. The van der Waals surface area contributed by atoms with Gasteiger partial charge >= 0.3 is 0 Å². The number of nitrogens with zero attached hydrogens (tertiary/aromatic N) is 4. The van der Waals surface area contributed by atoms with Gasteiger partial charge in [0, 0.05) is 46.7 Å². The summed E-state index contributed by atoms with van der Waals surface area (Å²) in [6.45, 7) is 0. The average molecular weight is 639 g/mol. The maximum atomic E-state index is 5.33. The minimum atomic E-state index is 0.846. The minimum Gasteiger partial charge on any atom is -0.264 e. The van der Waals surface area contributed by atoms with Crippen molar-refractivity contribution in [2.75, 3.05) is 0 Å². The molecule has 0 saturated heterocycles. The summed E-state index contributed by atoms with van der Waals surface area (Å²) in [5, 5.41) is 2.08. The first kappa shape index (κ1) is 29.4. The third kappa shape index (κ3) is 5.49. The number of pyridine rings is 4. The van der Waals surface area contributed by atoms with Crippen LogP contribution in [0.2, 0.25) is 0 Å². The first-order valence-electron chi connectivity index (χ1n) is 16.7. The maximum Gasteiger partial charge on any atom is 0.0978 e. The van der Waals surface area contributed by atoms with Crippen LogP contribution in [0, 0.1) is 0 Å². The normalized spacial score (nSPS) is 11.2. The van der Waals surface area contributed by atoms with Crippen molar-refractivity contribution in [1.82, 2.24) is 19.9 Å². The molecule has 0 fully saturated rings. The molecule has 0 aliphatic heterocycles. The lowest BCUT2D eigenvalue weighted by molar-refractivity contribution is 1.29. The number of fused-ring (bicyclic) bond motifs is 3. The largest absolute Gasteiger partial charge is 0.264 e. The average Bonchev–Trinajstić information content (AvgIpc) is 3.21. The van der Waals surface area contributed by atoms with E-state index in [4.69, 9.17) is 9.97 Å². The van der Waals surface area contributed by atoms with Crippen LogP contribution in [0.4, 0.5) is 0 Å². The van der Waals surface area contributed by atoms with E-state index in [1.807, 2.05) is 36.7 Å². The van der Waals surface area contributed by atoms with Crippen LogP contribution in [-0.2, 0) is 0 Å². The van der Waals surface area contributed by atoms with Crippen LogP contribution in [0.5, 0.6) is 0 Å². The van der Waals surface area contributed by atoms with Gasteiger partial charge in [-0.3, -0.25) is 9.97 Å². The van der Waals surface area contributed by atoms with Gasteiger partial charge in [0.05, 0.1) is 22.4 Å². The second-order valence-corrected chi connectivity index (χ2v) is 12.3. The van der Waals surface area contributed by atoms with E-state index in [9.17, 15) is 0 Å². The van der Waals surface area contributed by atoms with Crippen molar-refractivity contribution < 1.29 is 0 Å². The van der Waals surface area contributed by atoms with Crippen LogP contribution < -0.4 is 0 Å². The number of benzene rings is 5. The molecule has 0 bridgehead atoms. The van der Waals surface area contributed by atoms with E-state index in [1.54, 1.807) is 12.4 Å². The van der Waals surface area contributed by atoms with Gasteiger partial charge in [0.25, 0.3) is 0 Å². The van der Waals surface area contributed by atoms with Crippen LogP contribution in [0.25, 0.3) is 88.8 Å². The molecule has 0 atom stereocenters. The summed E-state index contributed by atoms with van der Waals surface area (Å²) in [6.07, 6.45) is 7.33. The summed E-state index contributed by atoms with van der Waals surface area (Å²) in [4.78, 5) is 19.5. The van der Waals surface area contributed by atoms with Crippen molar-refractivity contribution in [1.29, 1.82) is 0 Å². The predicted octanol–water partition coefficient (Wildman–Crippen LogP) is 11.6. The van der Waals surface area contributed by atoms with Crippen molar-refractivity contribution in [3.05, 3.63) is 183 Å². The second kappa shape index (κ2) is 12.7. The van der Waals surface area contributed by atoms with Crippen LogP contribution in [0.15, 0.2) is 183 Å². The zero-order chi connectivity index (χ0) is 33.3. The van der Waals surface area contributed by atoms with Crippen molar-refractivity contribution in [3.8, 4) is 67.0 Å². The molecule has 0 amide bonds. The summed E-state index contributed by atoms with van der Waals surface area (Å²) in [7, 11) is 0. The molecule has 0 aliphatic carbocycles. The minimum absolute atomic E-state index is 0.846. The highest BCUT2D eigenvalue weighted by molar-refractivity contribution is 6.13. The van der Waals surface area contributed by atoms with E-state index >= 15 is 0 Å². The van der Waals surface area contributed by atoms with E-state index in [0.29, 0.717) is 0 Å². The Hall–Kier alpha value is -6.78. The van der Waals surface area contributed by atoms with Crippen molar-refractivity contribution >= 4 is 21.8 Å². The first-order chi connectivity index (χ1) is 24.8. The molecule has 0 radical (unpaired) electrons. The van der Waals surface area contributed by atoms with Gasteiger partial charge in [-0.05, 0) is 80.9 Å². The van der Waals surface area contributed by atoms with Crippen LogP contribution in [0.1, 0.15) is 0 Å². The van der Waals surface area contributed by atoms with Crippen LogP contribution >= 0.6 is 0 Å². The van der Waals surface area contributed by atoms with E-state index in [0.717, 1.165) is 66.6 Å². The van der Waals surface area contributed by atoms with E-state index in [1.165, 1.54) is 22.3 Å². The number of rotatable bonds is 6. The third-order valence-electron chi connectivity index (χ3n) is 9.28. The molecule has 4 aromatic heterocycles. The smallest absolute Gasteiger partial charge is 0.0978 e. The van der Waals surface area contributed by atoms with Gasteiger partial charge < -0.3 is 0 Å². The molecule has 9 rings (SSSR count). The molecule has 0 N–H and O–H groups in total. The Labute approximate surface area is 290 Å². The molecule has 4 heterocycles. The topological polar surface area (TPSA) is 51.6 Å². The van der Waals surface area contributed by atoms with Gasteiger partial charge in [-0.2, -0.15) is 0 Å². The highest BCUT2D eigenvalue weighted by Crippen LogP contribution is 2.40. The Morgan fingerprint density at radius 2 is 0.660 bits per heavy atom. The molecule has 0 saturated carbocycles. The molecule has 50 heavy (non-hydrogen) atoms. The third-order valence-corrected chi connectivity index (χ3v) is 9.28. The lowest BCUT2D eigenvalue weighted by Gasteiger charge is -2.16. The molecule has 9 aromatic rings. The van der Waals surface area contributed by atoms with Crippen molar-refractivity contribution in [2.45, 2.75) is 0 Å². The Kier molecular flexibility index (Phi) is 7.45. The van der Waals surface area contributed by atoms with Crippen LogP contribution in [0.3, 0.4) is 0 Å². The first-order valence-corrected chi connectivity index (χ1v) is 16.7. The molecular weight excluding hydrogens is 609 g/mol. The standard InChI is InChI=1S/C46H30N4/c1-3-9-31(10-4-1)33-15-19-35(20-16-33)41-27-43(37-13-7-25-47-29-37)49-45-39(41)23-24-40-42(28-44(50-46(40)45)38-14-8-26-48-30-38)36-21-17-34(18-22-36)32-11-5-2-6-12-32/h1-30H. The molecule has 234 valence electrons. The molecule has 5 aromatic carbocycles. The number of aromatic nitrogens is 4. The maximum absolute atomic E-state index is 5.33. The van der Waals surface area contributed by atoms with Gasteiger partial charge in [-0.25, -0.2) is 9.97 Å². The Morgan fingerprint density at radius 1 is 0.300 bits per heavy atom. The molecule has 4 nitrogen and oxygen atoms in total. The second-order valence-electron chi connectivity index (χ2n) is 12.3. The van der Waals surface area contributed by atoms with E-state index in [2.05, 4.69) is 143 Å². The summed E-state index contributed by atoms with van der Waals surface area (Å²) >= 11 is 0. The van der Waals surface area contributed by atoms with Gasteiger partial charge in [0.2, 0.25) is 0 Å². The SMILES string of the molecule is c1ccc(-c2ccc(-c3cc(-c4cccnc4)nc4c3ccc3c(-c5ccc(-c6ccccc6)cc5)cc(-c5cccnc5)nc34)cc2)cc1. The van der Waals surface area contributed by atoms with Gasteiger partial charge in [-0.1, -0.05) is 121 Å². The fourth-order valence-electron chi connectivity index (χ4n) is 6.72. The van der Waals surface area contributed by atoms with Gasteiger partial charge in [0.1, 0.15) is 0 Å². The molecular formula is C46H30N4. The molecule has 0 aliphatic rings. The Balaban J connectivity index is 1.29. The monoisotopic (exact) mass is 638 g/mol. The highest BCUT2D eigenvalue weighted by atomic mass is 14.8. The van der Waals surface area contributed by atoms with Gasteiger partial charge in [0.15, 0.2) is 0 Å². The van der Waals surface area contributed by atoms with Crippen LogP contribution in [-0.4, -0.2) is 19.9 Å². The Morgan fingerprint density at radius 3 is 1.04 bits per heavy atom. The van der Waals surface area contributed by atoms with Crippen molar-refractivity contribution in [2.24, 2.45) is 0 Å². The number of hydrogen-bond acceptors (Lipinski definition) is 4. The zero-order valence-corrected chi connectivity index (χ0v) is 27.1. The van der Waals surface area contributed by atoms with E-state index < -0.39 is 0 Å². The summed E-state index contributed by atoms with van der Waals surface area (Å²) in [5.41, 5.74) is 14.5. The fourth-order valence-corrected chi connectivity index (χ4v) is 6.72. The van der Waals surface area contributed by atoms with Gasteiger partial charge in [-0.15, -0.1) is 0 Å². The summed E-state index contributed by atoms with van der Waals surface area (Å²) in [5.74, 6) is 0. The summed E-state index contributed by atoms with van der Waals surface area (Å²) in [6, 6.07) is 55.3. The highest BCUT2D eigenvalue weighted by Gasteiger charge is 2.17. The summed E-state index contributed by atoms with van der Waals surface area (Å²) < 4.78 is 0. The molecule has 4 heteroatoms. The Bertz CT molecular complexity index is 2400. The number of hydrogen-bond donors (Lipinski definition) is 0. The lowest BCUT2D eigenvalue weighted by atomic mass is 9.93. The molecule has 0 unspecified atom stereocenters.